The van der Waals surface area contributed by atoms with Gasteiger partial charge < -0.3 is 16.0 Å². The van der Waals surface area contributed by atoms with Gasteiger partial charge in [0.25, 0.3) is 0 Å². The second-order valence-electron chi connectivity index (χ2n) is 4.26. The van der Waals surface area contributed by atoms with E-state index in [0.29, 0.717) is 0 Å². The Labute approximate surface area is 127 Å². The van der Waals surface area contributed by atoms with Gasteiger partial charge in [-0.15, -0.1) is 0 Å². The van der Waals surface area contributed by atoms with Crippen molar-refractivity contribution in [2.45, 2.75) is 11.1 Å². The van der Waals surface area contributed by atoms with E-state index >= 15 is 0 Å². The molecular weight excluding hydrogens is 349 g/mol. The second kappa shape index (κ2) is 6.65. The number of anilines is 3. The van der Waals surface area contributed by atoms with Gasteiger partial charge in [0.15, 0.2) is 4.17 Å². The Morgan fingerprint density at radius 2 is 1.37 bits per heavy atom. The maximum absolute atomic E-state index is 3.46. The largest absolute Gasteiger partial charge is 0.386 e. The summed E-state index contributed by atoms with van der Waals surface area (Å²) < 4.78 is 0.119. The van der Waals surface area contributed by atoms with E-state index in [9.17, 15) is 0 Å². The minimum Gasteiger partial charge on any atom is -0.386 e. The van der Waals surface area contributed by atoms with E-state index in [-0.39, 0.29) is 4.17 Å². The Bertz CT molecular complexity index is 542. The Morgan fingerprint density at radius 3 is 2.00 bits per heavy atom. The second-order valence-corrected chi connectivity index (χ2v) is 5.51. The lowest BCUT2D eigenvalue weighted by atomic mass is 10.2. The summed E-state index contributed by atoms with van der Waals surface area (Å²) in [6, 6.07) is 16.5. The number of benzene rings is 2. The van der Waals surface area contributed by atoms with Crippen molar-refractivity contribution in [1.82, 2.24) is 0 Å². The number of nitrogens with one attached hydrogen (secondary N) is 3. The van der Waals surface area contributed by atoms with Crippen LogP contribution < -0.4 is 16.0 Å². The molecule has 0 radical (unpaired) electrons. The number of rotatable bonds is 5. The van der Waals surface area contributed by atoms with E-state index in [2.05, 4.69) is 69.7 Å². The predicted octanol–water partition coefficient (Wildman–Crippen LogP) is 4.28. The molecule has 2 aromatic rings. The number of hydrogen-bond acceptors (Lipinski definition) is 3. The molecule has 3 N–H and O–H groups in total. The summed E-state index contributed by atoms with van der Waals surface area (Å²) in [5.41, 5.74) is 4.57. The molecule has 0 aromatic heterocycles. The molecule has 0 aliphatic heterocycles. The minimum atomic E-state index is 0.119. The van der Waals surface area contributed by atoms with Gasteiger partial charge >= 0.3 is 0 Å². The number of alkyl halides is 1. The van der Waals surface area contributed by atoms with Crippen LogP contribution in [-0.2, 0) is 0 Å². The van der Waals surface area contributed by atoms with E-state index < -0.39 is 0 Å². The zero-order valence-electron chi connectivity index (χ0n) is 11.1. The molecule has 2 rings (SSSR count). The first kappa shape index (κ1) is 14.0. The zero-order valence-corrected chi connectivity index (χ0v) is 13.2. The Morgan fingerprint density at radius 1 is 0.842 bits per heavy atom. The van der Waals surface area contributed by atoms with Crippen LogP contribution in [0.1, 0.15) is 5.56 Å². The number of halogens is 1. The van der Waals surface area contributed by atoms with Crippen molar-refractivity contribution in [2.24, 2.45) is 0 Å². The van der Waals surface area contributed by atoms with Crippen LogP contribution in [0.5, 0.6) is 0 Å². The molecule has 0 saturated carbocycles. The summed E-state index contributed by atoms with van der Waals surface area (Å²) in [6.07, 6.45) is 0. The van der Waals surface area contributed by atoms with Crippen LogP contribution in [-0.4, -0.2) is 11.2 Å². The van der Waals surface area contributed by atoms with Crippen LogP contribution in [0.15, 0.2) is 48.5 Å². The van der Waals surface area contributed by atoms with Crippen molar-refractivity contribution in [1.29, 1.82) is 0 Å². The molecule has 0 aliphatic carbocycles. The minimum absolute atomic E-state index is 0.119. The summed E-state index contributed by atoms with van der Waals surface area (Å²) in [5, 5.41) is 10.1. The van der Waals surface area contributed by atoms with Gasteiger partial charge in [-0.25, -0.2) is 0 Å². The Kier molecular flexibility index (Phi) is 4.90. The van der Waals surface area contributed by atoms with Crippen LogP contribution in [0.4, 0.5) is 17.1 Å². The summed E-state index contributed by atoms with van der Waals surface area (Å²) in [4.78, 5) is 0. The molecule has 0 bridgehead atoms. The standard InChI is InChI=1S/C15H18IN3/c1-11-7-3-4-8-12(11)18-15(16)19-14-10-6-5-9-13(14)17-2/h3-10,15,17-19H,1-2H3/t15-/m1/s1. The third-order valence-electron chi connectivity index (χ3n) is 2.91. The van der Waals surface area contributed by atoms with Crippen molar-refractivity contribution >= 4 is 39.7 Å². The van der Waals surface area contributed by atoms with Crippen molar-refractivity contribution in [3.8, 4) is 0 Å². The predicted molar refractivity (Wildman–Crippen MR) is 92.2 cm³/mol. The van der Waals surface area contributed by atoms with E-state index in [4.69, 9.17) is 0 Å². The molecule has 0 spiro atoms. The van der Waals surface area contributed by atoms with Gasteiger partial charge in [0, 0.05) is 12.7 Å². The molecule has 0 unspecified atom stereocenters. The highest BCUT2D eigenvalue weighted by atomic mass is 127. The zero-order chi connectivity index (χ0) is 13.7. The molecule has 3 nitrogen and oxygen atoms in total. The van der Waals surface area contributed by atoms with Gasteiger partial charge in [0.2, 0.25) is 0 Å². The van der Waals surface area contributed by atoms with Crippen molar-refractivity contribution in [2.75, 3.05) is 23.0 Å². The summed E-state index contributed by atoms with van der Waals surface area (Å²) in [5.74, 6) is 0. The molecule has 2 aromatic carbocycles. The maximum atomic E-state index is 3.46. The fourth-order valence-corrected chi connectivity index (χ4v) is 2.54. The van der Waals surface area contributed by atoms with Gasteiger partial charge in [0.1, 0.15) is 0 Å². The smallest absolute Gasteiger partial charge is 0.150 e. The third kappa shape index (κ3) is 3.76. The van der Waals surface area contributed by atoms with Gasteiger partial charge in [-0.05, 0) is 53.3 Å². The van der Waals surface area contributed by atoms with Crippen LogP contribution in [0.2, 0.25) is 0 Å². The lowest BCUT2D eigenvalue weighted by molar-refractivity contribution is 1.17. The molecule has 0 heterocycles. The average Bonchev–Trinajstić information content (AvgIpc) is 2.42. The van der Waals surface area contributed by atoms with Crippen LogP contribution in [0.25, 0.3) is 0 Å². The van der Waals surface area contributed by atoms with Gasteiger partial charge in [0.05, 0.1) is 11.4 Å². The highest BCUT2D eigenvalue weighted by Gasteiger charge is 2.07. The van der Waals surface area contributed by atoms with E-state index in [1.807, 2.05) is 31.3 Å². The Hall–Kier alpha value is -1.43. The van der Waals surface area contributed by atoms with E-state index in [1.54, 1.807) is 0 Å². The van der Waals surface area contributed by atoms with Crippen molar-refractivity contribution in [3.63, 3.8) is 0 Å². The summed E-state index contributed by atoms with van der Waals surface area (Å²) >= 11 is 2.35. The number of para-hydroxylation sites is 3. The Balaban J connectivity index is 2.05. The average molecular weight is 367 g/mol. The van der Waals surface area contributed by atoms with Crippen LogP contribution in [0, 0.1) is 6.92 Å². The quantitative estimate of drug-likeness (QED) is 0.320. The lowest BCUT2D eigenvalue weighted by Gasteiger charge is -2.19. The normalized spacial score (nSPS) is 11.7. The topological polar surface area (TPSA) is 36.1 Å². The molecule has 19 heavy (non-hydrogen) atoms. The van der Waals surface area contributed by atoms with Gasteiger partial charge in [-0.2, -0.15) is 0 Å². The summed E-state index contributed by atoms with van der Waals surface area (Å²) in [7, 11) is 1.93. The third-order valence-corrected chi connectivity index (χ3v) is 3.53. The molecule has 0 saturated heterocycles. The molecule has 0 fully saturated rings. The maximum Gasteiger partial charge on any atom is 0.150 e. The monoisotopic (exact) mass is 367 g/mol. The highest BCUT2D eigenvalue weighted by Crippen LogP contribution is 2.23. The van der Waals surface area contributed by atoms with Crippen LogP contribution in [0.3, 0.4) is 0 Å². The molecule has 4 heteroatoms. The molecule has 0 aliphatic rings. The van der Waals surface area contributed by atoms with Gasteiger partial charge in [-0.3, -0.25) is 0 Å². The highest BCUT2D eigenvalue weighted by molar-refractivity contribution is 14.1. The van der Waals surface area contributed by atoms with E-state index in [1.165, 1.54) is 5.56 Å². The number of aryl methyl sites for hydroxylation is 1. The SMILES string of the molecule is CNc1ccccc1N[C@H](I)Nc1ccccc1C. The lowest BCUT2D eigenvalue weighted by Crippen LogP contribution is -2.22. The number of hydrogen-bond donors (Lipinski definition) is 3. The summed E-state index contributed by atoms with van der Waals surface area (Å²) in [6.45, 7) is 2.10. The first-order valence-electron chi connectivity index (χ1n) is 6.20. The fraction of sp³-hybridized carbons (Fsp3) is 0.200. The van der Waals surface area contributed by atoms with Crippen LogP contribution >= 0.6 is 22.6 Å². The van der Waals surface area contributed by atoms with Crippen molar-refractivity contribution in [3.05, 3.63) is 54.1 Å². The molecule has 0 amide bonds. The first-order valence-corrected chi connectivity index (χ1v) is 7.45. The van der Waals surface area contributed by atoms with Gasteiger partial charge in [-0.1, -0.05) is 30.3 Å². The van der Waals surface area contributed by atoms with E-state index in [0.717, 1.165) is 17.1 Å². The first-order chi connectivity index (χ1) is 9.20. The van der Waals surface area contributed by atoms with Crippen molar-refractivity contribution < 1.29 is 0 Å². The molecular formula is C15H18IN3. The molecule has 1 atom stereocenters. The molecule has 100 valence electrons. The fourth-order valence-electron chi connectivity index (χ4n) is 1.87.